The van der Waals surface area contributed by atoms with E-state index >= 15 is 0 Å². The van der Waals surface area contributed by atoms with Crippen molar-refractivity contribution in [3.05, 3.63) is 56.7 Å². The molecule has 0 aliphatic heterocycles. The van der Waals surface area contributed by atoms with Crippen molar-refractivity contribution >= 4 is 41.3 Å². The number of benzene rings is 1. The van der Waals surface area contributed by atoms with E-state index in [1.54, 1.807) is 4.90 Å². The number of nitrogens with two attached hydrogens (primary N) is 1. The fourth-order valence-corrected chi connectivity index (χ4v) is 3.02. The molecule has 0 atom stereocenters. The predicted molar refractivity (Wildman–Crippen MR) is 91.3 cm³/mol. The second kappa shape index (κ2) is 8.39. The van der Waals surface area contributed by atoms with E-state index in [0.717, 1.165) is 14.8 Å². The molecule has 0 spiro atoms. The lowest BCUT2D eigenvalue weighted by Crippen LogP contribution is -2.29. The van der Waals surface area contributed by atoms with Crippen LogP contribution in [-0.4, -0.2) is 17.4 Å². The van der Waals surface area contributed by atoms with Crippen LogP contribution in [0, 0.1) is 0 Å². The van der Waals surface area contributed by atoms with E-state index < -0.39 is 0 Å². The van der Waals surface area contributed by atoms with Gasteiger partial charge in [-0.05, 0) is 36.8 Å². The minimum atomic E-state index is 0. The van der Waals surface area contributed by atoms with Gasteiger partial charge in [0.15, 0.2) is 0 Å². The van der Waals surface area contributed by atoms with Gasteiger partial charge >= 0.3 is 0 Å². The maximum absolute atomic E-state index is 12.5. The first-order valence-corrected chi connectivity index (χ1v) is 7.66. The van der Waals surface area contributed by atoms with Crippen LogP contribution >= 0.6 is 35.3 Å². The van der Waals surface area contributed by atoms with Gasteiger partial charge in [0.25, 0.3) is 5.91 Å². The summed E-state index contributed by atoms with van der Waals surface area (Å²) >= 11 is 7.43. The zero-order valence-electron chi connectivity index (χ0n) is 11.7. The Morgan fingerprint density at radius 3 is 2.38 bits per heavy atom. The molecule has 0 aliphatic carbocycles. The van der Waals surface area contributed by atoms with Crippen LogP contribution in [-0.2, 0) is 13.1 Å². The molecule has 0 radical (unpaired) electrons. The summed E-state index contributed by atoms with van der Waals surface area (Å²) in [5.41, 5.74) is 7.27. The van der Waals surface area contributed by atoms with Gasteiger partial charge in [-0.15, -0.1) is 23.7 Å². The molecule has 21 heavy (non-hydrogen) atoms. The summed E-state index contributed by atoms with van der Waals surface area (Å²) in [6, 6.07) is 11.3. The Labute approximate surface area is 140 Å². The Morgan fingerprint density at radius 1 is 1.24 bits per heavy atom. The average Bonchev–Trinajstić information content (AvgIpc) is 2.89. The highest BCUT2D eigenvalue weighted by molar-refractivity contribution is 7.16. The van der Waals surface area contributed by atoms with E-state index in [4.69, 9.17) is 17.3 Å². The van der Waals surface area contributed by atoms with Crippen LogP contribution in [0.3, 0.4) is 0 Å². The molecule has 0 saturated carbocycles. The molecule has 2 aromatic rings. The molecule has 0 aliphatic rings. The Bertz CT molecular complexity index is 584. The van der Waals surface area contributed by atoms with E-state index in [0.29, 0.717) is 25.2 Å². The summed E-state index contributed by atoms with van der Waals surface area (Å²) in [5, 5.41) is 0. The Kier molecular flexibility index (Phi) is 7.18. The SMILES string of the molecule is CCN(Cc1ccc(Cl)s1)C(=O)c1ccc(CN)cc1.Cl. The molecule has 1 aromatic heterocycles. The van der Waals surface area contributed by atoms with Crippen LogP contribution in [0.4, 0.5) is 0 Å². The molecule has 1 amide bonds. The highest BCUT2D eigenvalue weighted by Gasteiger charge is 2.15. The maximum Gasteiger partial charge on any atom is 0.254 e. The quantitative estimate of drug-likeness (QED) is 0.892. The summed E-state index contributed by atoms with van der Waals surface area (Å²) in [4.78, 5) is 15.3. The van der Waals surface area contributed by atoms with Crippen molar-refractivity contribution in [2.24, 2.45) is 5.73 Å². The van der Waals surface area contributed by atoms with E-state index in [9.17, 15) is 4.79 Å². The minimum Gasteiger partial charge on any atom is -0.334 e. The van der Waals surface area contributed by atoms with Gasteiger partial charge in [-0.1, -0.05) is 23.7 Å². The average molecular weight is 345 g/mol. The van der Waals surface area contributed by atoms with Gasteiger partial charge in [0.1, 0.15) is 0 Å². The lowest BCUT2D eigenvalue weighted by molar-refractivity contribution is 0.0754. The van der Waals surface area contributed by atoms with E-state index in [2.05, 4.69) is 0 Å². The third-order valence-corrected chi connectivity index (χ3v) is 4.30. The highest BCUT2D eigenvalue weighted by Crippen LogP contribution is 2.23. The minimum absolute atomic E-state index is 0. The second-order valence-electron chi connectivity index (χ2n) is 4.43. The van der Waals surface area contributed by atoms with Crippen molar-refractivity contribution in [1.82, 2.24) is 4.90 Å². The number of carbonyl (C=O) groups excluding carboxylic acids is 1. The summed E-state index contributed by atoms with van der Waals surface area (Å²) in [6.45, 7) is 3.71. The van der Waals surface area contributed by atoms with E-state index in [1.165, 1.54) is 11.3 Å². The normalized spacial score (nSPS) is 10.0. The van der Waals surface area contributed by atoms with Crippen LogP contribution in [0.2, 0.25) is 4.34 Å². The van der Waals surface area contributed by atoms with E-state index in [-0.39, 0.29) is 18.3 Å². The first-order valence-electron chi connectivity index (χ1n) is 6.46. The monoisotopic (exact) mass is 344 g/mol. The van der Waals surface area contributed by atoms with E-state index in [1.807, 2.05) is 43.3 Å². The topological polar surface area (TPSA) is 46.3 Å². The van der Waals surface area contributed by atoms with Crippen molar-refractivity contribution in [1.29, 1.82) is 0 Å². The van der Waals surface area contributed by atoms with Gasteiger partial charge in [0.2, 0.25) is 0 Å². The third kappa shape index (κ3) is 4.71. The number of amides is 1. The molecule has 6 heteroatoms. The van der Waals surface area contributed by atoms with Crippen molar-refractivity contribution in [3.63, 3.8) is 0 Å². The van der Waals surface area contributed by atoms with Crippen LogP contribution in [0.25, 0.3) is 0 Å². The fourth-order valence-electron chi connectivity index (χ4n) is 1.92. The predicted octanol–water partition coefficient (Wildman–Crippen LogP) is 3.94. The van der Waals surface area contributed by atoms with Gasteiger partial charge in [0, 0.05) is 23.5 Å². The van der Waals surface area contributed by atoms with Gasteiger partial charge < -0.3 is 10.6 Å². The Morgan fingerprint density at radius 2 is 1.90 bits per heavy atom. The second-order valence-corrected chi connectivity index (χ2v) is 6.23. The van der Waals surface area contributed by atoms with Gasteiger partial charge in [-0.25, -0.2) is 0 Å². The molecule has 2 rings (SSSR count). The van der Waals surface area contributed by atoms with Crippen molar-refractivity contribution in [2.75, 3.05) is 6.54 Å². The summed E-state index contributed by atoms with van der Waals surface area (Å²) in [6.07, 6.45) is 0. The van der Waals surface area contributed by atoms with Crippen molar-refractivity contribution < 1.29 is 4.79 Å². The summed E-state index contributed by atoms with van der Waals surface area (Å²) in [5.74, 6) is 0.0283. The molecule has 0 saturated heterocycles. The molecular formula is C15H18Cl2N2OS. The van der Waals surface area contributed by atoms with Crippen LogP contribution in [0.15, 0.2) is 36.4 Å². The zero-order valence-corrected chi connectivity index (χ0v) is 14.1. The highest BCUT2D eigenvalue weighted by atomic mass is 35.5. The standard InChI is InChI=1S/C15H17ClN2OS.ClH/c1-2-18(10-13-7-8-14(16)20-13)15(19)12-5-3-11(9-17)4-6-12;/h3-8H,2,9-10,17H2,1H3;1H. The number of halogens is 2. The van der Waals surface area contributed by atoms with Gasteiger partial charge in [0.05, 0.1) is 10.9 Å². The summed E-state index contributed by atoms with van der Waals surface area (Å²) < 4.78 is 0.746. The number of rotatable bonds is 5. The van der Waals surface area contributed by atoms with Crippen LogP contribution in [0.5, 0.6) is 0 Å². The number of nitrogens with zero attached hydrogens (tertiary/aromatic N) is 1. The lowest BCUT2D eigenvalue weighted by atomic mass is 10.1. The first-order chi connectivity index (χ1) is 9.63. The van der Waals surface area contributed by atoms with Crippen molar-refractivity contribution in [3.8, 4) is 0 Å². The molecule has 2 N–H and O–H groups in total. The zero-order chi connectivity index (χ0) is 14.5. The van der Waals surface area contributed by atoms with Crippen LogP contribution < -0.4 is 5.73 Å². The smallest absolute Gasteiger partial charge is 0.254 e. The maximum atomic E-state index is 12.5. The Balaban J connectivity index is 0.00000220. The number of hydrogen-bond acceptors (Lipinski definition) is 3. The van der Waals surface area contributed by atoms with Crippen molar-refractivity contribution in [2.45, 2.75) is 20.0 Å². The molecule has 0 unspecified atom stereocenters. The van der Waals surface area contributed by atoms with Gasteiger partial charge in [-0.3, -0.25) is 4.79 Å². The molecular weight excluding hydrogens is 327 g/mol. The van der Waals surface area contributed by atoms with Gasteiger partial charge in [-0.2, -0.15) is 0 Å². The Hall–Kier alpha value is -1.07. The molecule has 1 heterocycles. The molecule has 0 bridgehead atoms. The largest absolute Gasteiger partial charge is 0.334 e. The summed E-state index contributed by atoms with van der Waals surface area (Å²) in [7, 11) is 0. The molecule has 3 nitrogen and oxygen atoms in total. The molecule has 1 aromatic carbocycles. The third-order valence-electron chi connectivity index (χ3n) is 3.08. The molecule has 114 valence electrons. The number of carbonyl (C=O) groups is 1. The fraction of sp³-hybridized carbons (Fsp3) is 0.267. The molecule has 0 fully saturated rings. The first kappa shape index (κ1) is 18.0. The number of thiophene rings is 1. The lowest BCUT2D eigenvalue weighted by Gasteiger charge is -2.20. The number of hydrogen-bond donors (Lipinski definition) is 1. The van der Waals surface area contributed by atoms with Crippen LogP contribution in [0.1, 0.15) is 27.7 Å².